The molecule has 0 aliphatic carbocycles. The molecule has 0 N–H and O–H groups in total. The van der Waals surface area contributed by atoms with E-state index < -0.39 is 15.8 Å². The van der Waals surface area contributed by atoms with E-state index in [2.05, 4.69) is 211 Å². The van der Waals surface area contributed by atoms with Gasteiger partial charge in [0.15, 0.2) is 0 Å². The first kappa shape index (κ1) is 41.0. The monoisotopic (exact) mass is 818 g/mol. The standard InChI is InChI=1S/C56H52O2P2/c1-37-33-39(3)51(40(4)34-37)47-29-31-49(57-7)53(55(47)59(43-21-13-9-14-22-43)44-23-15-10-16-24-44)54-50(58-8)32-30-48(52-41(5)35-38(2)36-42(52)6)56(54)60(45-25-17-11-18-26-45)46-27-19-12-20-28-46/h9-36H,1-8H3. The molecule has 0 amide bonds. The van der Waals surface area contributed by atoms with Crippen molar-refractivity contribution in [1.29, 1.82) is 0 Å². The van der Waals surface area contributed by atoms with Crippen LogP contribution in [0.5, 0.6) is 11.5 Å². The lowest BCUT2D eigenvalue weighted by atomic mass is 9.88. The molecular formula is C56H52O2P2. The Morgan fingerprint density at radius 2 is 0.583 bits per heavy atom. The zero-order valence-corrected chi connectivity index (χ0v) is 37.7. The van der Waals surface area contributed by atoms with Crippen LogP contribution in [0.1, 0.15) is 33.4 Å². The molecular weight excluding hydrogens is 767 g/mol. The lowest BCUT2D eigenvalue weighted by molar-refractivity contribution is 0.411. The van der Waals surface area contributed by atoms with Crippen molar-refractivity contribution < 1.29 is 9.47 Å². The highest BCUT2D eigenvalue weighted by Gasteiger charge is 2.34. The SMILES string of the molecule is COc1ccc(-c2c(C)cc(C)cc2C)c(P(c2ccccc2)c2ccccc2)c1-c1c(OC)ccc(-c2c(C)cc(C)cc2C)c1P(c1ccccc1)c1ccccc1. The number of methoxy groups -OCH3 is 2. The van der Waals surface area contributed by atoms with Gasteiger partial charge in [-0.3, -0.25) is 0 Å². The fourth-order valence-corrected chi connectivity index (χ4v) is 14.4. The summed E-state index contributed by atoms with van der Waals surface area (Å²) in [6, 6.07) is 62.6. The van der Waals surface area contributed by atoms with Crippen molar-refractivity contribution in [2.75, 3.05) is 14.2 Å². The molecule has 0 unspecified atom stereocenters. The van der Waals surface area contributed by atoms with Crippen molar-refractivity contribution >= 4 is 47.7 Å². The van der Waals surface area contributed by atoms with Crippen LogP contribution in [0.2, 0.25) is 0 Å². The van der Waals surface area contributed by atoms with Crippen molar-refractivity contribution in [3.8, 4) is 44.9 Å². The summed E-state index contributed by atoms with van der Waals surface area (Å²) >= 11 is 0. The van der Waals surface area contributed by atoms with Crippen LogP contribution in [0, 0.1) is 41.5 Å². The summed E-state index contributed by atoms with van der Waals surface area (Å²) in [5, 5.41) is 7.59. The van der Waals surface area contributed by atoms with Crippen molar-refractivity contribution in [2.45, 2.75) is 41.5 Å². The molecule has 4 heteroatoms. The third-order valence-electron chi connectivity index (χ3n) is 11.4. The lowest BCUT2D eigenvalue weighted by Crippen LogP contribution is -2.28. The summed E-state index contributed by atoms with van der Waals surface area (Å²) in [6.45, 7) is 13.4. The van der Waals surface area contributed by atoms with Gasteiger partial charge in [0.2, 0.25) is 0 Å². The fourth-order valence-electron chi connectivity index (χ4n) is 9.17. The number of aryl methyl sites for hydroxylation is 6. The molecule has 0 aromatic heterocycles. The highest BCUT2D eigenvalue weighted by molar-refractivity contribution is 7.81. The largest absolute Gasteiger partial charge is 0.496 e. The molecule has 0 aliphatic rings. The van der Waals surface area contributed by atoms with Gasteiger partial charge < -0.3 is 9.47 Å². The van der Waals surface area contributed by atoms with Crippen molar-refractivity contribution in [2.24, 2.45) is 0 Å². The molecule has 0 fully saturated rings. The number of hydrogen-bond donors (Lipinski definition) is 0. The van der Waals surface area contributed by atoms with Gasteiger partial charge in [-0.2, -0.15) is 0 Å². The molecule has 60 heavy (non-hydrogen) atoms. The average Bonchev–Trinajstić information content (AvgIpc) is 3.25. The van der Waals surface area contributed by atoms with E-state index in [1.54, 1.807) is 0 Å². The number of hydrogen-bond acceptors (Lipinski definition) is 2. The fraction of sp³-hybridized carbons (Fsp3) is 0.143. The number of rotatable bonds is 11. The Morgan fingerprint density at radius 3 is 0.833 bits per heavy atom. The third kappa shape index (κ3) is 7.84. The first-order chi connectivity index (χ1) is 29.2. The first-order valence-electron chi connectivity index (χ1n) is 20.6. The molecule has 0 heterocycles. The van der Waals surface area contributed by atoms with Gasteiger partial charge in [0.1, 0.15) is 11.5 Å². The highest BCUT2D eigenvalue weighted by atomic mass is 31.1. The molecule has 0 spiro atoms. The van der Waals surface area contributed by atoms with Crippen LogP contribution in [-0.2, 0) is 0 Å². The van der Waals surface area contributed by atoms with Crippen LogP contribution >= 0.6 is 15.8 Å². The van der Waals surface area contributed by atoms with Gasteiger partial charge in [-0.05, 0) is 147 Å². The molecule has 0 saturated carbocycles. The van der Waals surface area contributed by atoms with Crippen LogP contribution in [0.3, 0.4) is 0 Å². The van der Waals surface area contributed by atoms with Gasteiger partial charge >= 0.3 is 0 Å². The quantitative estimate of drug-likeness (QED) is 0.121. The van der Waals surface area contributed by atoms with Crippen molar-refractivity contribution in [3.05, 3.63) is 203 Å². The smallest absolute Gasteiger partial charge is 0.127 e. The second kappa shape index (κ2) is 17.8. The van der Waals surface area contributed by atoms with E-state index in [4.69, 9.17) is 9.47 Å². The molecule has 8 rings (SSSR count). The normalized spacial score (nSPS) is 11.3. The molecule has 0 radical (unpaired) electrons. The summed E-state index contributed by atoms with van der Waals surface area (Å²) in [6.07, 6.45) is 0. The van der Waals surface area contributed by atoms with Gasteiger partial charge in [0.05, 0.1) is 14.2 Å². The number of ether oxygens (including phenoxy) is 2. The number of benzene rings is 8. The predicted molar refractivity (Wildman–Crippen MR) is 262 cm³/mol. The Kier molecular flexibility index (Phi) is 12.2. The van der Waals surface area contributed by atoms with Gasteiger partial charge in [-0.25, -0.2) is 0 Å². The second-order valence-electron chi connectivity index (χ2n) is 15.6. The van der Waals surface area contributed by atoms with E-state index in [9.17, 15) is 0 Å². The van der Waals surface area contributed by atoms with Gasteiger partial charge in [-0.1, -0.05) is 157 Å². The third-order valence-corrected chi connectivity index (χ3v) is 16.4. The summed E-state index contributed by atoms with van der Waals surface area (Å²) in [5.41, 5.74) is 14.6. The minimum Gasteiger partial charge on any atom is -0.496 e. The maximum absolute atomic E-state index is 6.65. The molecule has 2 nitrogen and oxygen atoms in total. The second-order valence-corrected chi connectivity index (χ2v) is 19.9. The van der Waals surface area contributed by atoms with Crippen LogP contribution in [-0.4, -0.2) is 14.2 Å². The zero-order chi connectivity index (χ0) is 41.9. The minimum atomic E-state index is -1.16. The predicted octanol–water partition coefficient (Wildman–Crippen LogP) is 12.1. The lowest BCUT2D eigenvalue weighted by Gasteiger charge is -2.32. The van der Waals surface area contributed by atoms with Crippen LogP contribution in [0.15, 0.2) is 170 Å². The highest BCUT2D eigenvalue weighted by Crippen LogP contribution is 2.52. The Hall–Kier alpha value is -5.78. The van der Waals surface area contributed by atoms with Crippen LogP contribution in [0.25, 0.3) is 33.4 Å². The van der Waals surface area contributed by atoms with E-state index in [-0.39, 0.29) is 0 Å². The van der Waals surface area contributed by atoms with E-state index >= 15 is 0 Å². The topological polar surface area (TPSA) is 18.5 Å². The maximum atomic E-state index is 6.65. The van der Waals surface area contributed by atoms with E-state index in [0.29, 0.717) is 0 Å². The van der Waals surface area contributed by atoms with E-state index in [1.165, 1.54) is 87.5 Å². The van der Waals surface area contributed by atoms with E-state index in [1.807, 2.05) is 14.2 Å². The summed E-state index contributed by atoms with van der Waals surface area (Å²) in [7, 11) is 1.33. The zero-order valence-electron chi connectivity index (χ0n) is 35.9. The Bertz CT molecular complexity index is 2460. The average molecular weight is 819 g/mol. The molecule has 0 bridgehead atoms. The van der Waals surface area contributed by atoms with Gasteiger partial charge in [0.25, 0.3) is 0 Å². The van der Waals surface area contributed by atoms with Gasteiger partial charge in [0, 0.05) is 21.7 Å². The van der Waals surface area contributed by atoms with Crippen molar-refractivity contribution in [3.63, 3.8) is 0 Å². The Balaban J connectivity index is 1.65. The van der Waals surface area contributed by atoms with Gasteiger partial charge in [-0.15, -0.1) is 0 Å². The Morgan fingerprint density at radius 1 is 0.317 bits per heavy atom. The molecule has 298 valence electrons. The molecule has 0 atom stereocenters. The van der Waals surface area contributed by atoms with Crippen LogP contribution in [0.4, 0.5) is 0 Å². The first-order valence-corrected chi connectivity index (χ1v) is 23.3. The molecule has 8 aromatic carbocycles. The van der Waals surface area contributed by atoms with E-state index in [0.717, 1.165) is 22.6 Å². The summed E-state index contributed by atoms with van der Waals surface area (Å²) < 4.78 is 13.3. The minimum absolute atomic E-state index is 0.820. The summed E-state index contributed by atoms with van der Waals surface area (Å²) in [5.74, 6) is 1.64. The van der Waals surface area contributed by atoms with Crippen LogP contribution < -0.4 is 41.3 Å². The Labute approximate surface area is 359 Å². The molecule has 0 aliphatic heterocycles. The summed E-state index contributed by atoms with van der Waals surface area (Å²) in [4.78, 5) is 0. The molecule has 0 saturated heterocycles. The van der Waals surface area contributed by atoms with Crippen molar-refractivity contribution in [1.82, 2.24) is 0 Å². The maximum Gasteiger partial charge on any atom is 0.127 e. The molecule has 8 aromatic rings.